The molecule has 1 aromatic carbocycles. The van der Waals surface area contributed by atoms with Crippen LogP contribution in [-0.2, 0) is 31.1 Å². The van der Waals surface area contributed by atoms with Crippen LogP contribution in [0.15, 0.2) is 30.5 Å². The van der Waals surface area contributed by atoms with Gasteiger partial charge < -0.3 is 10.1 Å². The standard InChI is InChI=1S/C18H18N4O2S/c1-22-14-6-7-15-17(13(14)10-19-22)21-18(25-15)20-16(23)9-11-4-3-5-12(8-11)24-2/h3-5,8,10H,6-7,9H2,1-2H3,(H,20,21,23). The number of nitrogens with zero attached hydrogens (tertiary/aromatic N) is 3. The van der Waals surface area contributed by atoms with Crippen molar-refractivity contribution in [1.82, 2.24) is 14.8 Å². The van der Waals surface area contributed by atoms with Gasteiger partial charge in [0, 0.05) is 23.2 Å². The lowest BCUT2D eigenvalue weighted by molar-refractivity contribution is -0.115. The summed E-state index contributed by atoms with van der Waals surface area (Å²) in [6.45, 7) is 0. The number of amides is 1. The normalized spacial score (nSPS) is 12.4. The summed E-state index contributed by atoms with van der Waals surface area (Å²) in [5.74, 6) is 0.671. The molecule has 2 heterocycles. The van der Waals surface area contributed by atoms with E-state index < -0.39 is 0 Å². The Hall–Kier alpha value is -2.67. The Kier molecular flexibility index (Phi) is 4.01. The van der Waals surface area contributed by atoms with E-state index in [1.54, 1.807) is 18.4 Å². The molecule has 6 nitrogen and oxygen atoms in total. The number of nitrogens with one attached hydrogen (secondary N) is 1. The summed E-state index contributed by atoms with van der Waals surface area (Å²) in [6, 6.07) is 7.53. The second kappa shape index (κ2) is 6.33. The van der Waals surface area contributed by atoms with Gasteiger partial charge in [-0.2, -0.15) is 5.10 Å². The molecule has 128 valence electrons. The van der Waals surface area contributed by atoms with Crippen LogP contribution in [0.5, 0.6) is 5.75 Å². The van der Waals surface area contributed by atoms with Crippen LogP contribution in [0.4, 0.5) is 5.13 Å². The maximum absolute atomic E-state index is 12.3. The van der Waals surface area contributed by atoms with Crippen LogP contribution < -0.4 is 10.1 Å². The van der Waals surface area contributed by atoms with Crippen molar-refractivity contribution in [2.24, 2.45) is 7.05 Å². The van der Waals surface area contributed by atoms with Crippen molar-refractivity contribution >= 4 is 22.4 Å². The Labute approximate surface area is 149 Å². The number of carbonyl (C=O) groups excluding carboxylic acids is 1. The highest BCUT2D eigenvalue weighted by Crippen LogP contribution is 2.37. The predicted octanol–water partition coefficient (Wildman–Crippen LogP) is 2.83. The number of carbonyl (C=O) groups is 1. The first-order valence-electron chi connectivity index (χ1n) is 8.08. The molecule has 1 aliphatic rings. The largest absolute Gasteiger partial charge is 0.497 e. The molecule has 3 aromatic rings. The fourth-order valence-corrected chi connectivity index (χ4v) is 4.10. The van der Waals surface area contributed by atoms with Gasteiger partial charge in [0.25, 0.3) is 0 Å². The van der Waals surface area contributed by atoms with Crippen LogP contribution >= 0.6 is 11.3 Å². The zero-order valence-corrected chi connectivity index (χ0v) is 14.9. The molecule has 1 aliphatic carbocycles. The molecule has 7 heteroatoms. The lowest BCUT2D eigenvalue weighted by Crippen LogP contribution is -2.14. The summed E-state index contributed by atoms with van der Waals surface area (Å²) in [7, 11) is 3.57. The first kappa shape index (κ1) is 15.8. The second-order valence-corrected chi connectivity index (χ2v) is 7.08. The van der Waals surface area contributed by atoms with Gasteiger partial charge in [0.15, 0.2) is 5.13 Å². The van der Waals surface area contributed by atoms with E-state index in [0.29, 0.717) is 11.6 Å². The number of hydrogen-bond acceptors (Lipinski definition) is 5. The number of aromatic nitrogens is 3. The number of hydrogen-bond donors (Lipinski definition) is 1. The Balaban J connectivity index is 1.50. The highest BCUT2D eigenvalue weighted by Gasteiger charge is 2.24. The molecule has 4 rings (SSSR count). The van der Waals surface area contributed by atoms with Crippen LogP contribution in [0.1, 0.15) is 16.1 Å². The van der Waals surface area contributed by atoms with Crippen LogP contribution in [0.25, 0.3) is 11.3 Å². The van der Waals surface area contributed by atoms with Gasteiger partial charge in [-0.15, -0.1) is 11.3 Å². The fourth-order valence-electron chi connectivity index (χ4n) is 3.11. The van der Waals surface area contributed by atoms with Crippen molar-refractivity contribution < 1.29 is 9.53 Å². The number of thiazole rings is 1. The molecule has 0 saturated carbocycles. The number of rotatable bonds is 4. The minimum atomic E-state index is -0.0780. The Morgan fingerprint density at radius 2 is 2.28 bits per heavy atom. The predicted molar refractivity (Wildman–Crippen MR) is 97.1 cm³/mol. The summed E-state index contributed by atoms with van der Waals surface area (Å²) in [5, 5.41) is 7.89. The second-order valence-electron chi connectivity index (χ2n) is 6.00. The third-order valence-electron chi connectivity index (χ3n) is 4.35. The van der Waals surface area contributed by atoms with E-state index in [0.717, 1.165) is 35.4 Å². The number of ether oxygens (including phenoxy) is 1. The van der Waals surface area contributed by atoms with E-state index in [1.165, 1.54) is 10.6 Å². The van der Waals surface area contributed by atoms with Gasteiger partial charge in [-0.3, -0.25) is 9.48 Å². The molecular formula is C18H18N4O2S. The van der Waals surface area contributed by atoms with Crippen molar-refractivity contribution in [2.45, 2.75) is 19.3 Å². The van der Waals surface area contributed by atoms with E-state index >= 15 is 0 Å². The van der Waals surface area contributed by atoms with E-state index in [2.05, 4.69) is 15.4 Å². The summed E-state index contributed by atoms with van der Waals surface area (Å²) < 4.78 is 7.10. The molecule has 0 saturated heterocycles. The number of methoxy groups -OCH3 is 1. The SMILES string of the molecule is COc1cccc(CC(=O)Nc2nc3c(s2)CCc2c-3cnn2C)c1. The zero-order valence-electron chi connectivity index (χ0n) is 14.1. The third kappa shape index (κ3) is 3.02. The van der Waals surface area contributed by atoms with Crippen LogP contribution in [0.3, 0.4) is 0 Å². The Morgan fingerprint density at radius 1 is 1.40 bits per heavy atom. The Bertz CT molecular complexity index is 944. The highest BCUT2D eigenvalue weighted by atomic mass is 32.1. The van der Waals surface area contributed by atoms with Crippen molar-refractivity contribution in [3.63, 3.8) is 0 Å². The first-order chi connectivity index (χ1) is 12.1. The van der Waals surface area contributed by atoms with Crippen molar-refractivity contribution in [3.8, 4) is 17.0 Å². The van der Waals surface area contributed by atoms with Crippen LogP contribution in [-0.4, -0.2) is 27.8 Å². The van der Waals surface area contributed by atoms with E-state index in [-0.39, 0.29) is 5.91 Å². The molecule has 1 amide bonds. The molecule has 1 N–H and O–H groups in total. The van der Waals surface area contributed by atoms with Crippen molar-refractivity contribution in [3.05, 3.63) is 46.6 Å². The van der Waals surface area contributed by atoms with Gasteiger partial charge in [0.05, 0.1) is 25.4 Å². The summed E-state index contributed by atoms with van der Waals surface area (Å²) in [4.78, 5) is 18.2. The van der Waals surface area contributed by atoms with Crippen molar-refractivity contribution in [2.75, 3.05) is 12.4 Å². The van der Waals surface area contributed by atoms with E-state index in [1.807, 2.05) is 42.2 Å². The minimum Gasteiger partial charge on any atom is -0.497 e. The molecule has 2 aromatic heterocycles. The quantitative estimate of drug-likeness (QED) is 0.782. The zero-order chi connectivity index (χ0) is 17.4. The van der Waals surface area contributed by atoms with E-state index in [9.17, 15) is 4.79 Å². The smallest absolute Gasteiger partial charge is 0.230 e. The van der Waals surface area contributed by atoms with Gasteiger partial charge in [-0.05, 0) is 30.5 Å². The molecule has 25 heavy (non-hydrogen) atoms. The highest BCUT2D eigenvalue weighted by molar-refractivity contribution is 7.16. The number of anilines is 1. The van der Waals surface area contributed by atoms with Gasteiger partial charge in [-0.1, -0.05) is 12.1 Å². The molecule has 0 spiro atoms. The van der Waals surface area contributed by atoms with Gasteiger partial charge in [-0.25, -0.2) is 4.98 Å². The summed E-state index contributed by atoms with van der Waals surface area (Å²) >= 11 is 1.55. The fraction of sp³-hybridized carbons (Fsp3) is 0.278. The number of aryl methyl sites for hydroxylation is 2. The van der Waals surface area contributed by atoms with Gasteiger partial charge >= 0.3 is 0 Å². The average molecular weight is 354 g/mol. The summed E-state index contributed by atoms with van der Waals surface area (Å²) in [6.07, 6.45) is 4.04. The Morgan fingerprint density at radius 3 is 3.12 bits per heavy atom. The van der Waals surface area contributed by atoms with Gasteiger partial charge in [0.1, 0.15) is 5.75 Å². The van der Waals surface area contributed by atoms with Crippen LogP contribution in [0, 0.1) is 0 Å². The molecule has 0 unspecified atom stereocenters. The molecule has 0 bridgehead atoms. The molecule has 0 atom stereocenters. The maximum atomic E-state index is 12.3. The first-order valence-corrected chi connectivity index (χ1v) is 8.89. The molecular weight excluding hydrogens is 336 g/mol. The molecule has 0 fully saturated rings. The van der Waals surface area contributed by atoms with Gasteiger partial charge in [0.2, 0.25) is 5.91 Å². The average Bonchev–Trinajstić information content (AvgIpc) is 3.18. The number of fused-ring (bicyclic) bond motifs is 3. The monoisotopic (exact) mass is 354 g/mol. The maximum Gasteiger partial charge on any atom is 0.230 e. The lowest BCUT2D eigenvalue weighted by Gasteiger charge is -2.10. The van der Waals surface area contributed by atoms with Crippen LogP contribution in [0.2, 0.25) is 0 Å². The molecule has 0 aliphatic heterocycles. The number of benzene rings is 1. The molecule has 0 radical (unpaired) electrons. The third-order valence-corrected chi connectivity index (χ3v) is 5.38. The minimum absolute atomic E-state index is 0.0780. The topological polar surface area (TPSA) is 69.0 Å². The van der Waals surface area contributed by atoms with E-state index in [4.69, 9.17) is 4.74 Å². The van der Waals surface area contributed by atoms with Crippen molar-refractivity contribution in [1.29, 1.82) is 0 Å². The lowest BCUT2D eigenvalue weighted by atomic mass is 10.0. The summed E-state index contributed by atoms with van der Waals surface area (Å²) in [5.41, 5.74) is 4.14.